The summed E-state index contributed by atoms with van der Waals surface area (Å²) in [5.41, 5.74) is 8.92. The Morgan fingerprint density at radius 2 is 1.09 bits per heavy atom. The van der Waals surface area contributed by atoms with Crippen molar-refractivity contribution in [1.82, 2.24) is 9.13 Å². The molecular weight excluding hydrogens is 564 g/mol. The molecule has 210 valence electrons. The van der Waals surface area contributed by atoms with Crippen LogP contribution in [0.3, 0.4) is 0 Å². The Bertz CT molecular complexity index is 2560. The topological polar surface area (TPSA) is 66.2 Å². The van der Waals surface area contributed by atoms with Crippen molar-refractivity contribution in [2.75, 3.05) is 0 Å². The van der Waals surface area contributed by atoms with E-state index in [1.807, 2.05) is 109 Å². The molecule has 8 aromatic rings. The number of benzene rings is 6. The van der Waals surface area contributed by atoms with Crippen LogP contribution in [0.15, 0.2) is 121 Å². The van der Waals surface area contributed by atoms with Crippen molar-refractivity contribution >= 4 is 55.0 Å². The first-order chi connectivity index (χ1) is 22.6. The molecule has 6 nitrogen and oxygen atoms in total. The molecule has 0 saturated heterocycles. The number of nitriles is 2. The molecule has 0 aliphatic rings. The Kier molecular flexibility index (Phi) is 5.91. The molecule has 0 unspecified atom stereocenters. The van der Waals surface area contributed by atoms with Crippen LogP contribution in [-0.4, -0.2) is 9.13 Å². The van der Waals surface area contributed by atoms with Crippen molar-refractivity contribution in [3.63, 3.8) is 0 Å². The standard InChI is InChI=1S/C40H20N6/c1-43-27-13-18-40-35(20-27)31-8-4-6-10-38(31)45(40)28-14-12-26(24-42)32(21-28)33-22-29(15-16-36(33)44-2)46-37-9-5-3-7-30(37)34-19-25(23-41)11-17-39(34)46/h3-22H. The van der Waals surface area contributed by atoms with Gasteiger partial charge in [0, 0.05) is 27.5 Å². The van der Waals surface area contributed by atoms with Gasteiger partial charge in [0.1, 0.15) is 0 Å². The van der Waals surface area contributed by atoms with Gasteiger partial charge in [0.05, 0.1) is 58.5 Å². The highest BCUT2D eigenvalue weighted by atomic mass is 15.0. The Hall–Kier alpha value is -7.12. The van der Waals surface area contributed by atoms with E-state index in [-0.39, 0.29) is 0 Å². The highest BCUT2D eigenvalue weighted by Crippen LogP contribution is 2.40. The summed E-state index contributed by atoms with van der Waals surface area (Å²) in [6.45, 7) is 15.6. The number of para-hydroxylation sites is 2. The molecule has 0 aliphatic carbocycles. The van der Waals surface area contributed by atoms with E-state index >= 15 is 0 Å². The zero-order chi connectivity index (χ0) is 31.4. The van der Waals surface area contributed by atoms with Crippen molar-refractivity contribution in [1.29, 1.82) is 10.5 Å². The predicted molar refractivity (Wildman–Crippen MR) is 183 cm³/mol. The number of aromatic nitrogens is 2. The molecule has 0 saturated carbocycles. The Balaban J connectivity index is 1.39. The SMILES string of the molecule is [C-]#[N+]c1ccc2c(c1)c1ccccc1n2-c1ccc(C#N)c(-c2cc(-n3c4ccccc4c4cc(C#N)ccc43)ccc2[N+]#[C-])c1. The van der Waals surface area contributed by atoms with Crippen LogP contribution in [0.2, 0.25) is 0 Å². The van der Waals surface area contributed by atoms with Gasteiger partial charge in [-0.3, -0.25) is 0 Å². The van der Waals surface area contributed by atoms with Crippen molar-refractivity contribution in [3.05, 3.63) is 155 Å². The van der Waals surface area contributed by atoms with Crippen LogP contribution < -0.4 is 0 Å². The fourth-order valence-electron chi connectivity index (χ4n) is 6.60. The summed E-state index contributed by atoms with van der Waals surface area (Å²) < 4.78 is 4.28. The second kappa shape index (κ2) is 10.3. The average molecular weight is 585 g/mol. The van der Waals surface area contributed by atoms with Gasteiger partial charge in [-0.05, 0) is 89.3 Å². The molecule has 0 fully saturated rings. The van der Waals surface area contributed by atoms with Crippen LogP contribution in [-0.2, 0) is 0 Å². The highest BCUT2D eigenvalue weighted by Gasteiger charge is 2.19. The molecule has 6 aromatic carbocycles. The normalized spacial score (nSPS) is 11.0. The molecular formula is C40H20N6. The third-order valence-corrected chi connectivity index (χ3v) is 8.62. The van der Waals surface area contributed by atoms with Gasteiger partial charge in [-0.2, -0.15) is 10.5 Å². The number of rotatable bonds is 3. The second-order valence-electron chi connectivity index (χ2n) is 11.0. The molecule has 0 aliphatic heterocycles. The van der Waals surface area contributed by atoms with E-state index in [0.717, 1.165) is 55.0 Å². The van der Waals surface area contributed by atoms with Crippen LogP contribution in [0.25, 0.3) is 75.8 Å². The number of nitrogens with zero attached hydrogens (tertiary/aromatic N) is 6. The van der Waals surface area contributed by atoms with Crippen LogP contribution >= 0.6 is 0 Å². The summed E-state index contributed by atoms with van der Waals surface area (Å²) in [6.07, 6.45) is 0. The molecule has 0 spiro atoms. The first-order valence-corrected chi connectivity index (χ1v) is 14.5. The van der Waals surface area contributed by atoms with Crippen LogP contribution in [0.1, 0.15) is 11.1 Å². The largest absolute Gasteiger partial charge is 0.309 e. The second-order valence-corrected chi connectivity index (χ2v) is 11.0. The van der Waals surface area contributed by atoms with Gasteiger partial charge in [-0.15, -0.1) is 0 Å². The lowest BCUT2D eigenvalue weighted by Gasteiger charge is -2.15. The summed E-state index contributed by atoms with van der Waals surface area (Å²) in [4.78, 5) is 7.50. The minimum Gasteiger partial charge on any atom is -0.309 e. The summed E-state index contributed by atoms with van der Waals surface area (Å²) >= 11 is 0. The monoisotopic (exact) mass is 584 g/mol. The van der Waals surface area contributed by atoms with Gasteiger partial charge in [0.2, 0.25) is 0 Å². The third kappa shape index (κ3) is 3.86. The van der Waals surface area contributed by atoms with Gasteiger partial charge in [0.25, 0.3) is 0 Å². The van der Waals surface area contributed by atoms with E-state index in [4.69, 9.17) is 13.1 Å². The molecule has 46 heavy (non-hydrogen) atoms. The van der Waals surface area contributed by atoms with Gasteiger partial charge in [0.15, 0.2) is 11.4 Å². The van der Waals surface area contributed by atoms with Crippen LogP contribution in [0.5, 0.6) is 0 Å². The maximum Gasteiger partial charge on any atom is 0.195 e. The maximum absolute atomic E-state index is 10.3. The molecule has 2 heterocycles. The van der Waals surface area contributed by atoms with E-state index < -0.39 is 0 Å². The van der Waals surface area contributed by atoms with Gasteiger partial charge in [-0.1, -0.05) is 48.5 Å². The Morgan fingerprint density at radius 1 is 0.500 bits per heavy atom. The Morgan fingerprint density at radius 3 is 1.72 bits per heavy atom. The predicted octanol–water partition coefficient (Wildman–Crippen LogP) is 10.4. The lowest BCUT2D eigenvalue weighted by molar-refractivity contribution is 1.17. The van der Waals surface area contributed by atoms with E-state index in [9.17, 15) is 10.5 Å². The lowest BCUT2D eigenvalue weighted by Crippen LogP contribution is -1.98. The van der Waals surface area contributed by atoms with Crippen molar-refractivity contribution < 1.29 is 0 Å². The summed E-state index contributed by atoms with van der Waals surface area (Å²) in [5.74, 6) is 0. The number of fused-ring (bicyclic) bond motifs is 6. The molecule has 0 N–H and O–H groups in total. The fourth-order valence-corrected chi connectivity index (χ4v) is 6.60. The van der Waals surface area contributed by atoms with Crippen molar-refractivity contribution in [3.8, 4) is 34.6 Å². The van der Waals surface area contributed by atoms with Crippen LogP contribution in [0.4, 0.5) is 11.4 Å². The summed E-state index contributed by atoms with van der Waals surface area (Å²) in [7, 11) is 0. The van der Waals surface area contributed by atoms with E-state index in [2.05, 4.69) is 43.1 Å². The third-order valence-electron chi connectivity index (χ3n) is 8.62. The lowest BCUT2D eigenvalue weighted by atomic mass is 9.97. The molecule has 0 atom stereocenters. The minimum absolute atomic E-state index is 0.439. The van der Waals surface area contributed by atoms with E-state index in [1.54, 1.807) is 0 Å². The zero-order valence-corrected chi connectivity index (χ0v) is 24.2. The molecule has 6 heteroatoms. The number of hydrogen-bond donors (Lipinski definition) is 0. The van der Waals surface area contributed by atoms with Gasteiger partial charge in [-0.25, -0.2) is 9.69 Å². The first kappa shape index (κ1) is 26.5. The summed E-state index contributed by atoms with van der Waals surface area (Å²) in [5, 5.41) is 23.8. The molecule has 0 bridgehead atoms. The quantitative estimate of drug-likeness (QED) is 0.194. The maximum atomic E-state index is 10.3. The number of hydrogen-bond acceptors (Lipinski definition) is 2. The highest BCUT2D eigenvalue weighted by molar-refractivity contribution is 6.11. The smallest absolute Gasteiger partial charge is 0.195 e. The molecule has 8 rings (SSSR count). The van der Waals surface area contributed by atoms with E-state index in [1.165, 1.54) is 0 Å². The zero-order valence-electron chi connectivity index (χ0n) is 24.2. The molecule has 2 aromatic heterocycles. The first-order valence-electron chi connectivity index (χ1n) is 14.5. The van der Waals surface area contributed by atoms with Crippen LogP contribution in [0, 0.1) is 35.8 Å². The van der Waals surface area contributed by atoms with E-state index in [0.29, 0.717) is 33.6 Å². The van der Waals surface area contributed by atoms with Crippen molar-refractivity contribution in [2.45, 2.75) is 0 Å². The van der Waals surface area contributed by atoms with Crippen molar-refractivity contribution in [2.24, 2.45) is 0 Å². The minimum atomic E-state index is 0.439. The Labute approximate surface area is 264 Å². The van der Waals surface area contributed by atoms with Gasteiger partial charge < -0.3 is 9.13 Å². The molecule has 0 amide bonds. The fraction of sp³-hybridized carbons (Fsp3) is 0. The summed E-state index contributed by atoms with van der Waals surface area (Å²) in [6, 6.07) is 43.6. The molecule has 0 radical (unpaired) electrons. The average Bonchev–Trinajstić information content (AvgIpc) is 3.63. The van der Waals surface area contributed by atoms with Gasteiger partial charge >= 0.3 is 0 Å².